The second kappa shape index (κ2) is 6.31. The number of benzene rings is 1. The van der Waals surface area contributed by atoms with Gasteiger partial charge in [0, 0.05) is 6.54 Å². The third kappa shape index (κ3) is 3.17. The Balaban J connectivity index is 2.12. The molecule has 2 rings (SSSR count). The summed E-state index contributed by atoms with van der Waals surface area (Å²) >= 11 is 0. The van der Waals surface area contributed by atoms with Gasteiger partial charge >= 0.3 is 0 Å². The van der Waals surface area contributed by atoms with Crippen LogP contribution in [0.4, 0.5) is 0 Å². The summed E-state index contributed by atoms with van der Waals surface area (Å²) in [7, 11) is 0. The zero-order valence-corrected chi connectivity index (χ0v) is 11.1. The molecule has 0 spiro atoms. The lowest BCUT2D eigenvalue weighted by atomic mass is 10.2. The first-order valence-corrected chi connectivity index (χ1v) is 6.51. The van der Waals surface area contributed by atoms with Crippen LogP contribution in [-0.4, -0.2) is 33.0 Å². The second-order valence-corrected chi connectivity index (χ2v) is 4.36. The zero-order chi connectivity index (χ0) is 12.8. The SMILES string of the molecule is CCCN(CC)Cc1cccc(-n2nccn2)c1. The molecule has 0 aliphatic rings. The van der Waals surface area contributed by atoms with Gasteiger partial charge in [0.15, 0.2) is 0 Å². The van der Waals surface area contributed by atoms with Gasteiger partial charge in [0.2, 0.25) is 0 Å². The van der Waals surface area contributed by atoms with Crippen molar-refractivity contribution < 1.29 is 0 Å². The molecule has 0 bridgehead atoms. The molecule has 96 valence electrons. The highest BCUT2D eigenvalue weighted by atomic mass is 15.5. The molecule has 1 aromatic carbocycles. The van der Waals surface area contributed by atoms with Crippen LogP contribution in [0.1, 0.15) is 25.8 Å². The number of rotatable bonds is 6. The maximum atomic E-state index is 4.16. The van der Waals surface area contributed by atoms with Crippen molar-refractivity contribution in [1.29, 1.82) is 0 Å². The van der Waals surface area contributed by atoms with Crippen LogP contribution in [0.5, 0.6) is 0 Å². The molecular weight excluding hydrogens is 224 g/mol. The minimum Gasteiger partial charge on any atom is -0.299 e. The average Bonchev–Trinajstić information content (AvgIpc) is 2.92. The summed E-state index contributed by atoms with van der Waals surface area (Å²) in [5.41, 5.74) is 2.32. The van der Waals surface area contributed by atoms with Gasteiger partial charge < -0.3 is 0 Å². The summed E-state index contributed by atoms with van der Waals surface area (Å²) in [6.45, 7) is 7.62. The molecule has 0 saturated heterocycles. The Hall–Kier alpha value is -1.68. The molecule has 4 nitrogen and oxygen atoms in total. The maximum Gasteiger partial charge on any atom is 0.0859 e. The van der Waals surface area contributed by atoms with E-state index in [9.17, 15) is 0 Å². The largest absolute Gasteiger partial charge is 0.299 e. The third-order valence-corrected chi connectivity index (χ3v) is 2.95. The summed E-state index contributed by atoms with van der Waals surface area (Å²) in [4.78, 5) is 4.09. The molecule has 18 heavy (non-hydrogen) atoms. The maximum absolute atomic E-state index is 4.16. The molecule has 2 aromatic rings. The highest BCUT2D eigenvalue weighted by Crippen LogP contribution is 2.11. The van der Waals surface area contributed by atoms with E-state index in [4.69, 9.17) is 0 Å². The fourth-order valence-electron chi connectivity index (χ4n) is 2.05. The third-order valence-electron chi connectivity index (χ3n) is 2.95. The molecule has 0 unspecified atom stereocenters. The van der Waals surface area contributed by atoms with Gasteiger partial charge in [-0.05, 0) is 37.2 Å². The Morgan fingerprint density at radius 3 is 2.61 bits per heavy atom. The Bertz CT molecular complexity index is 464. The zero-order valence-electron chi connectivity index (χ0n) is 11.1. The number of nitrogens with zero attached hydrogens (tertiary/aromatic N) is 4. The predicted molar refractivity (Wildman–Crippen MR) is 72.6 cm³/mol. The van der Waals surface area contributed by atoms with Gasteiger partial charge in [-0.1, -0.05) is 26.0 Å². The first-order valence-electron chi connectivity index (χ1n) is 6.51. The minimum atomic E-state index is 0.986. The van der Waals surface area contributed by atoms with E-state index in [2.05, 4.69) is 47.1 Å². The molecule has 1 heterocycles. The van der Waals surface area contributed by atoms with E-state index in [0.29, 0.717) is 0 Å². The van der Waals surface area contributed by atoms with E-state index in [0.717, 1.165) is 25.3 Å². The van der Waals surface area contributed by atoms with Gasteiger partial charge in [0.25, 0.3) is 0 Å². The topological polar surface area (TPSA) is 34.0 Å². The summed E-state index contributed by atoms with van der Waals surface area (Å²) in [6, 6.07) is 8.40. The van der Waals surface area contributed by atoms with E-state index >= 15 is 0 Å². The van der Waals surface area contributed by atoms with Crippen LogP contribution in [0.3, 0.4) is 0 Å². The van der Waals surface area contributed by atoms with E-state index in [-0.39, 0.29) is 0 Å². The van der Waals surface area contributed by atoms with Gasteiger partial charge in [-0.3, -0.25) is 4.90 Å². The molecule has 0 amide bonds. The molecule has 0 radical (unpaired) electrons. The normalized spacial score (nSPS) is 11.1. The van der Waals surface area contributed by atoms with Crippen LogP contribution in [-0.2, 0) is 6.54 Å². The molecule has 0 fully saturated rings. The van der Waals surface area contributed by atoms with Crippen molar-refractivity contribution in [3.63, 3.8) is 0 Å². The number of hydrogen-bond acceptors (Lipinski definition) is 3. The molecule has 0 saturated carbocycles. The van der Waals surface area contributed by atoms with Gasteiger partial charge in [0.1, 0.15) is 0 Å². The van der Waals surface area contributed by atoms with E-state index in [1.807, 2.05) is 6.07 Å². The van der Waals surface area contributed by atoms with Crippen molar-refractivity contribution >= 4 is 0 Å². The van der Waals surface area contributed by atoms with E-state index in [1.165, 1.54) is 12.0 Å². The fraction of sp³-hybridized carbons (Fsp3) is 0.429. The summed E-state index contributed by atoms with van der Waals surface area (Å²) in [5.74, 6) is 0. The van der Waals surface area contributed by atoms with Crippen LogP contribution in [0, 0.1) is 0 Å². The van der Waals surface area contributed by atoms with E-state index < -0.39 is 0 Å². The monoisotopic (exact) mass is 244 g/mol. The predicted octanol–water partition coefficient (Wildman–Crippen LogP) is 2.50. The highest BCUT2D eigenvalue weighted by Gasteiger charge is 2.04. The fourth-order valence-corrected chi connectivity index (χ4v) is 2.05. The molecule has 1 aromatic heterocycles. The van der Waals surface area contributed by atoms with Crippen molar-refractivity contribution in [2.75, 3.05) is 13.1 Å². The van der Waals surface area contributed by atoms with Gasteiger partial charge in [-0.2, -0.15) is 15.0 Å². The summed E-state index contributed by atoms with van der Waals surface area (Å²) in [5, 5.41) is 8.31. The Morgan fingerprint density at radius 1 is 1.17 bits per heavy atom. The Kier molecular flexibility index (Phi) is 4.47. The smallest absolute Gasteiger partial charge is 0.0859 e. The minimum absolute atomic E-state index is 0.986. The Labute approximate surface area is 108 Å². The van der Waals surface area contributed by atoms with Gasteiger partial charge in [0.05, 0.1) is 18.1 Å². The van der Waals surface area contributed by atoms with Crippen molar-refractivity contribution in [3.8, 4) is 5.69 Å². The molecule has 0 aliphatic heterocycles. The molecule has 4 heteroatoms. The van der Waals surface area contributed by atoms with Crippen molar-refractivity contribution in [3.05, 3.63) is 42.2 Å². The first-order chi connectivity index (χ1) is 8.83. The lowest BCUT2D eigenvalue weighted by Gasteiger charge is -2.19. The van der Waals surface area contributed by atoms with Crippen LogP contribution < -0.4 is 0 Å². The van der Waals surface area contributed by atoms with E-state index in [1.54, 1.807) is 17.2 Å². The molecule has 0 aliphatic carbocycles. The van der Waals surface area contributed by atoms with Crippen molar-refractivity contribution in [1.82, 2.24) is 19.9 Å². The number of hydrogen-bond donors (Lipinski definition) is 0. The Morgan fingerprint density at radius 2 is 1.94 bits per heavy atom. The molecule has 0 atom stereocenters. The van der Waals surface area contributed by atoms with Gasteiger partial charge in [-0.15, -0.1) is 0 Å². The highest BCUT2D eigenvalue weighted by molar-refractivity contribution is 5.33. The van der Waals surface area contributed by atoms with Crippen LogP contribution in [0.15, 0.2) is 36.7 Å². The average molecular weight is 244 g/mol. The lowest BCUT2D eigenvalue weighted by molar-refractivity contribution is 0.280. The van der Waals surface area contributed by atoms with Crippen molar-refractivity contribution in [2.24, 2.45) is 0 Å². The second-order valence-electron chi connectivity index (χ2n) is 4.36. The molecular formula is C14H20N4. The van der Waals surface area contributed by atoms with Crippen LogP contribution in [0.25, 0.3) is 5.69 Å². The van der Waals surface area contributed by atoms with Gasteiger partial charge in [-0.25, -0.2) is 0 Å². The standard InChI is InChI=1S/C14H20N4/c1-3-10-17(4-2)12-13-6-5-7-14(11-13)18-15-8-9-16-18/h5-9,11H,3-4,10,12H2,1-2H3. The lowest BCUT2D eigenvalue weighted by Crippen LogP contribution is -2.23. The quantitative estimate of drug-likeness (QED) is 0.783. The summed E-state index contributed by atoms with van der Waals surface area (Å²) < 4.78 is 0. The molecule has 0 N–H and O–H groups in total. The first kappa shape index (κ1) is 12.8. The van der Waals surface area contributed by atoms with Crippen molar-refractivity contribution in [2.45, 2.75) is 26.8 Å². The van der Waals surface area contributed by atoms with Crippen LogP contribution >= 0.6 is 0 Å². The number of aromatic nitrogens is 3. The summed E-state index contributed by atoms with van der Waals surface area (Å²) in [6.07, 6.45) is 4.58. The van der Waals surface area contributed by atoms with Crippen LogP contribution in [0.2, 0.25) is 0 Å².